The number of halogens is 3. The van der Waals surface area contributed by atoms with Crippen LogP contribution in [-0.4, -0.2) is 31.5 Å². The number of hydrogen-bond donors (Lipinski definition) is 2. The summed E-state index contributed by atoms with van der Waals surface area (Å²) in [5, 5.41) is 3.10. The fourth-order valence-electron chi connectivity index (χ4n) is 3.11. The molecule has 0 fully saturated rings. The summed E-state index contributed by atoms with van der Waals surface area (Å²) in [6.07, 6.45) is -4.54. The Labute approximate surface area is 190 Å². The number of sulfonamides is 1. The second-order valence-electron chi connectivity index (χ2n) is 7.19. The number of aromatic nitrogens is 2. The first-order chi connectivity index (χ1) is 15.5. The van der Waals surface area contributed by atoms with Gasteiger partial charge in [0, 0.05) is 36.2 Å². The van der Waals surface area contributed by atoms with Crippen LogP contribution in [0.2, 0.25) is 0 Å². The van der Waals surface area contributed by atoms with Crippen LogP contribution in [0.4, 0.5) is 36.3 Å². The maximum Gasteiger partial charge on any atom is 0.416 e. The van der Waals surface area contributed by atoms with E-state index in [-0.39, 0.29) is 10.6 Å². The van der Waals surface area contributed by atoms with Crippen molar-refractivity contribution in [2.24, 2.45) is 0 Å². The van der Waals surface area contributed by atoms with Crippen LogP contribution in [0.15, 0.2) is 59.5 Å². The molecule has 0 atom stereocenters. The second-order valence-corrected chi connectivity index (χ2v) is 8.88. The molecule has 0 radical (unpaired) electrons. The van der Waals surface area contributed by atoms with Crippen LogP contribution in [0.1, 0.15) is 25.1 Å². The maximum absolute atomic E-state index is 12.7. The lowest BCUT2D eigenvalue weighted by Crippen LogP contribution is -2.23. The molecule has 0 aliphatic carbocycles. The molecule has 33 heavy (non-hydrogen) atoms. The van der Waals surface area contributed by atoms with Gasteiger partial charge in [-0.05, 0) is 69.3 Å². The van der Waals surface area contributed by atoms with E-state index in [1.807, 2.05) is 26.8 Å². The van der Waals surface area contributed by atoms with Crippen LogP contribution >= 0.6 is 0 Å². The van der Waals surface area contributed by atoms with E-state index in [2.05, 4.69) is 24.9 Å². The molecule has 1 heterocycles. The van der Waals surface area contributed by atoms with Crippen molar-refractivity contribution in [1.29, 1.82) is 0 Å². The molecule has 0 aliphatic rings. The molecule has 1 aromatic heterocycles. The summed E-state index contributed by atoms with van der Waals surface area (Å²) in [6, 6.07) is 11.6. The quantitative estimate of drug-likeness (QED) is 0.462. The van der Waals surface area contributed by atoms with Gasteiger partial charge in [0.1, 0.15) is 5.82 Å². The lowest BCUT2D eigenvalue weighted by atomic mass is 10.2. The highest BCUT2D eigenvalue weighted by atomic mass is 32.2. The lowest BCUT2D eigenvalue weighted by Gasteiger charge is -2.20. The van der Waals surface area contributed by atoms with E-state index in [1.165, 1.54) is 12.1 Å². The van der Waals surface area contributed by atoms with Gasteiger partial charge >= 0.3 is 6.18 Å². The van der Waals surface area contributed by atoms with Gasteiger partial charge in [0.25, 0.3) is 10.0 Å². The van der Waals surface area contributed by atoms with E-state index in [0.29, 0.717) is 11.6 Å². The van der Waals surface area contributed by atoms with E-state index < -0.39 is 21.8 Å². The second kappa shape index (κ2) is 9.65. The Hall–Kier alpha value is -3.34. The standard InChI is InChI=1S/C22H24F3N5O2S/c1-4-30(5-2)20-14-15(3)26-21(28-20)27-17-8-10-18(11-9-17)29-33(31,32)19-12-6-16(7-13-19)22(23,24)25/h6-14,29H,4-5H2,1-3H3,(H,26,27,28). The summed E-state index contributed by atoms with van der Waals surface area (Å²) < 4.78 is 65.4. The minimum Gasteiger partial charge on any atom is -0.357 e. The number of anilines is 4. The van der Waals surface area contributed by atoms with Crippen LogP contribution in [0.3, 0.4) is 0 Å². The summed E-state index contributed by atoms with van der Waals surface area (Å²) in [7, 11) is -4.04. The topological polar surface area (TPSA) is 87.2 Å². The van der Waals surface area contributed by atoms with Crippen LogP contribution in [-0.2, 0) is 16.2 Å². The van der Waals surface area contributed by atoms with Crippen molar-refractivity contribution < 1.29 is 21.6 Å². The first-order valence-corrected chi connectivity index (χ1v) is 11.7. The van der Waals surface area contributed by atoms with Crippen molar-refractivity contribution >= 4 is 33.2 Å². The van der Waals surface area contributed by atoms with E-state index in [9.17, 15) is 21.6 Å². The van der Waals surface area contributed by atoms with Crippen LogP contribution in [0.5, 0.6) is 0 Å². The average molecular weight is 480 g/mol. The van der Waals surface area contributed by atoms with Gasteiger partial charge in [-0.15, -0.1) is 0 Å². The molecule has 0 bridgehead atoms. The Morgan fingerprint density at radius 3 is 2.03 bits per heavy atom. The van der Waals surface area contributed by atoms with Crippen LogP contribution in [0.25, 0.3) is 0 Å². The molecule has 3 aromatic rings. The van der Waals surface area contributed by atoms with E-state index in [4.69, 9.17) is 0 Å². The van der Waals surface area contributed by atoms with E-state index in [1.54, 1.807) is 12.1 Å². The highest BCUT2D eigenvalue weighted by Gasteiger charge is 2.30. The predicted octanol–water partition coefficient (Wildman–Crippen LogP) is 5.19. The number of aryl methyl sites for hydroxylation is 1. The summed E-state index contributed by atoms with van der Waals surface area (Å²) in [6.45, 7) is 7.57. The Bertz CT molecular complexity index is 1190. The van der Waals surface area contributed by atoms with Gasteiger partial charge in [-0.1, -0.05) is 0 Å². The Balaban J connectivity index is 1.73. The highest BCUT2D eigenvalue weighted by Crippen LogP contribution is 2.30. The number of nitrogens with one attached hydrogen (secondary N) is 2. The van der Waals surface area contributed by atoms with E-state index >= 15 is 0 Å². The molecular formula is C22H24F3N5O2S. The molecule has 176 valence electrons. The fraction of sp³-hybridized carbons (Fsp3) is 0.273. The van der Waals surface area contributed by atoms with Crippen molar-refractivity contribution in [2.75, 3.05) is 28.0 Å². The van der Waals surface area contributed by atoms with Gasteiger partial charge in [-0.25, -0.2) is 13.4 Å². The van der Waals surface area contributed by atoms with Crippen molar-refractivity contribution in [3.05, 3.63) is 65.9 Å². The van der Waals surface area contributed by atoms with Gasteiger partial charge < -0.3 is 10.2 Å². The highest BCUT2D eigenvalue weighted by molar-refractivity contribution is 7.92. The van der Waals surface area contributed by atoms with Crippen LogP contribution < -0.4 is 14.9 Å². The zero-order valence-corrected chi connectivity index (χ0v) is 19.1. The molecule has 0 unspecified atom stereocenters. The molecule has 11 heteroatoms. The monoisotopic (exact) mass is 479 g/mol. The zero-order chi connectivity index (χ0) is 24.2. The molecule has 2 aromatic carbocycles. The zero-order valence-electron chi connectivity index (χ0n) is 18.3. The Morgan fingerprint density at radius 1 is 0.909 bits per heavy atom. The van der Waals surface area contributed by atoms with Crippen molar-refractivity contribution in [2.45, 2.75) is 31.8 Å². The van der Waals surface area contributed by atoms with Crippen molar-refractivity contribution in [3.63, 3.8) is 0 Å². The number of hydrogen-bond acceptors (Lipinski definition) is 6. The molecule has 0 saturated heterocycles. The smallest absolute Gasteiger partial charge is 0.357 e. The molecule has 3 rings (SSSR count). The first-order valence-electron chi connectivity index (χ1n) is 10.2. The van der Waals surface area contributed by atoms with Gasteiger partial charge in [0.2, 0.25) is 5.95 Å². The number of nitrogens with zero attached hydrogens (tertiary/aromatic N) is 3. The van der Waals surface area contributed by atoms with Gasteiger partial charge in [-0.2, -0.15) is 18.2 Å². The van der Waals surface area contributed by atoms with Crippen LogP contribution in [0, 0.1) is 6.92 Å². The Morgan fingerprint density at radius 2 is 1.48 bits per heavy atom. The number of rotatable bonds is 8. The van der Waals surface area contributed by atoms with Crippen molar-refractivity contribution in [3.8, 4) is 0 Å². The molecule has 7 nitrogen and oxygen atoms in total. The molecule has 2 N–H and O–H groups in total. The summed E-state index contributed by atoms with van der Waals surface area (Å²) in [5.41, 5.74) is 0.785. The normalized spacial score (nSPS) is 11.8. The third-order valence-corrected chi connectivity index (χ3v) is 6.21. The minimum absolute atomic E-state index is 0.259. The Kier molecular flexibility index (Phi) is 7.11. The van der Waals surface area contributed by atoms with Gasteiger partial charge in [-0.3, -0.25) is 4.72 Å². The third-order valence-electron chi connectivity index (χ3n) is 4.81. The summed E-state index contributed by atoms with van der Waals surface area (Å²) in [4.78, 5) is 10.7. The molecule has 0 spiro atoms. The molecule has 0 amide bonds. The average Bonchev–Trinajstić information content (AvgIpc) is 2.75. The summed E-state index contributed by atoms with van der Waals surface area (Å²) in [5.74, 6) is 1.21. The largest absolute Gasteiger partial charge is 0.416 e. The maximum atomic E-state index is 12.7. The first kappa shape index (κ1) is 24.3. The van der Waals surface area contributed by atoms with Gasteiger partial charge in [0.05, 0.1) is 10.5 Å². The van der Waals surface area contributed by atoms with Gasteiger partial charge in [0.15, 0.2) is 0 Å². The fourth-order valence-corrected chi connectivity index (χ4v) is 4.16. The number of benzene rings is 2. The molecule has 0 aliphatic heterocycles. The third kappa shape index (κ3) is 6.13. The molecular weight excluding hydrogens is 455 g/mol. The van der Waals surface area contributed by atoms with E-state index in [0.717, 1.165) is 48.9 Å². The summed E-state index contributed by atoms with van der Waals surface area (Å²) >= 11 is 0. The number of alkyl halides is 3. The lowest BCUT2D eigenvalue weighted by molar-refractivity contribution is -0.137. The minimum atomic E-state index is -4.54. The SMILES string of the molecule is CCN(CC)c1cc(C)nc(Nc2ccc(NS(=O)(=O)c3ccc(C(F)(F)F)cc3)cc2)n1. The molecule has 0 saturated carbocycles. The van der Waals surface area contributed by atoms with Crippen molar-refractivity contribution in [1.82, 2.24) is 9.97 Å². The predicted molar refractivity (Wildman–Crippen MR) is 122 cm³/mol.